The first kappa shape index (κ1) is 19.5. The molecule has 1 heterocycles. The standard InChI is InChI=1S/C17H33N5O/c1-7-15-11-16(23-21-15)12-20-17(18-8-2)19-9-10-22(13(3)4)14(5)6/h11,13-14H,7-10,12H2,1-6H3,(H2,18,19,20). The fourth-order valence-electron chi connectivity index (χ4n) is 2.51. The maximum Gasteiger partial charge on any atom is 0.191 e. The number of guanidine groups is 1. The van der Waals surface area contributed by atoms with Crippen molar-refractivity contribution < 1.29 is 4.52 Å². The molecule has 23 heavy (non-hydrogen) atoms. The van der Waals surface area contributed by atoms with E-state index in [2.05, 4.69) is 67.2 Å². The molecule has 0 saturated heterocycles. The lowest BCUT2D eigenvalue weighted by molar-refractivity contribution is 0.178. The molecule has 0 unspecified atom stereocenters. The van der Waals surface area contributed by atoms with Gasteiger partial charge in [-0.15, -0.1) is 0 Å². The van der Waals surface area contributed by atoms with Crippen LogP contribution >= 0.6 is 0 Å². The van der Waals surface area contributed by atoms with E-state index in [1.165, 1.54) is 0 Å². The summed E-state index contributed by atoms with van der Waals surface area (Å²) in [5.74, 6) is 1.61. The lowest BCUT2D eigenvalue weighted by atomic mass is 10.2. The van der Waals surface area contributed by atoms with Gasteiger partial charge < -0.3 is 15.2 Å². The molecule has 0 amide bonds. The molecular weight excluding hydrogens is 290 g/mol. The van der Waals surface area contributed by atoms with Gasteiger partial charge in [-0.05, 0) is 41.0 Å². The SMILES string of the molecule is CCNC(=NCc1cc(CC)no1)NCCN(C(C)C)C(C)C. The van der Waals surface area contributed by atoms with Gasteiger partial charge in [-0.25, -0.2) is 4.99 Å². The van der Waals surface area contributed by atoms with Crippen molar-refractivity contribution in [2.45, 2.75) is 66.6 Å². The van der Waals surface area contributed by atoms with E-state index in [1.807, 2.05) is 6.07 Å². The molecule has 1 aromatic heterocycles. The van der Waals surface area contributed by atoms with Crippen LogP contribution in [0.15, 0.2) is 15.6 Å². The van der Waals surface area contributed by atoms with Crippen LogP contribution in [-0.2, 0) is 13.0 Å². The average Bonchev–Trinajstić information content (AvgIpc) is 2.96. The van der Waals surface area contributed by atoms with Crippen LogP contribution < -0.4 is 10.6 Å². The molecule has 0 spiro atoms. The predicted octanol–water partition coefficient (Wildman–Crippen LogP) is 2.41. The molecule has 0 radical (unpaired) electrons. The molecule has 0 aliphatic rings. The van der Waals surface area contributed by atoms with Crippen molar-refractivity contribution in [1.82, 2.24) is 20.7 Å². The van der Waals surface area contributed by atoms with Gasteiger partial charge in [-0.1, -0.05) is 12.1 Å². The molecule has 132 valence electrons. The number of aliphatic imine (C=N–C) groups is 1. The van der Waals surface area contributed by atoms with E-state index >= 15 is 0 Å². The van der Waals surface area contributed by atoms with Gasteiger partial charge in [0.05, 0.1) is 5.69 Å². The molecule has 1 aromatic rings. The van der Waals surface area contributed by atoms with Gasteiger partial charge in [0.25, 0.3) is 0 Å². The second-order valence-electron chi connectivity index (χ2n) is 6.19. The van der Waals surface area contributed by atoms with Crippen LogP contribution in [0.1, 0.15) is 53.0 Å². The van der Waals surface area contributed by atoms with Crippen molar-refractivity contribution in [3.05, 3.63) is 17.5 Å². The molecule has 0 aromatic carbocycles. The van der Waals surface area contributed by atoms with Crippen LogP contribution in [0.25, 0.3) is 0 Å². The first-order chi connectivity index (χ1) is 11.0. The first-order valence-electron chi connectivity index (χ1n) is 8.70. The van der Waals surface area contributed by atoms with Crippen LogP contribution in [0.2, 0.25) is 0 Å². The Hall–Kier alpha value is -1.56. The Morgan fingerprint density at radius 3 is 2.43 bits per heavy atom. The number of rotatable bonds is 9. The number of nitrogens with one attached hydrogen (secondary N) is 2. The number of aromatic nitrogens is 1. The molecule has 0 saturated carbocycles. The maximum absolute atomic E-state index is 5.27. The van der Waals surface area contributed by atoms with Crippen LogP contribution in [0.3, 0.4) is 0 Å². The van der Waals surface area contributed by atoms with E-state index in [4.69, 9.17) is 4.52 Å². The van der Waals surface area contributed by atoms with Crippen molar-refractivity contribution >= 4 is 5.96 Å². The molecule has 0 atom stereocenters. The monoisotopic (exact) mass is 323 g/mol. The largest absolute Gasteiger partial charge is 0.359 e. The Morgan fingerprint density at radius 2 is 1.91 bits per heavy atom. The number of hydrogen-bond donors (Lipinski definition) is 2. The smallest absolute Gasteiger partial charge is 0.191 e. The van der Waals surface area contributed by atoms with Gasteiger partial charge >= 0.3 is 0 Å². The summed E-state index contributed by atoms with van der Waals surface area (Å²) in [5.41, 5.74) is 0.970. The summed E-state index contributed by atoms with van der Waals surface area (Å²) in [4.78, 5) is 7.02. The summed E-state index contributed by atoms with van der Waals surface area (Å²) in [6.07, 6.45) is 0.881. The third kappa shape index (κ3) is 7.03. The van der Waals surface area contributed by atoms with E-state index in [9.17, 15) is 0 Å². The summed E-state index contributed by atoms with van der Waals surface area (Å²) in [5, 5.41) is 10.6. The maximum atomic E-state index is 5.27. The van der Waals surface area contributed by atoms with Crippen molar-refractivity contribution in [1.29, 1.82) is 0 Å². The van der Waals surface area contributed by atoms with E-state index in [0.29, 0.717) is 18.6 Å². The Morgan fingerprint density at radius 1 is 1.22 bits per heavy atom. The fraction of sp³-hybridized carbons (Fsp3) is 0.765. The zero-order valence-electron chi connectivity index (χ0n) is 15.5. The Balaban J connectivity index is 2.51. The quantitative estimate of drug-likeness (QED) is 0.540. The van der Waals surface area contributed by atoms with Gasteiger partial charge in [-0.3, -0.25) is 4.90 Å². The highest BCUT2D eigenvalue weighted by atomic mass is 16.5. The number of nitrogens with zero attached hydrogens (tertiary/aromatic N) is 3. The fourth-order valence-corrected chi connectivity index (χ4v) is 2.51. The predicted molar refractivity (Wildman–Crippen MR) is 95.7 cm³/mol. The van der Waals surface area contributed by atoms with Gasteiger partial charge in [0, 0.05) is 37.8 Å². The molecule has 6 nitrogen and oxygen atoms in total. The second kappa shape index (κ2) is 10.3. The minimum Gasteiger partial charge on any atom is -0.359 e. The molecule has 0 bridgehead atoms. The Bertz CT molecular complexity index is 459. The summed E-state index contributed by atoms with van der Waals surface area (Å²) in [7, 11) is 0. The minimum atomic E-state index is 0.500. The molecule has 0 aliphatic heterocycles. The molecular formula is C17H33N5O. The van der Waals surface area contributed by atoms with Crippen LogP contribution in [0.5, 0.6) is 0 Å². The molecule has 1 rings (SSSR count). The van der Waals surface area contributed by atoms with Gasteiger partial charge in [0.15, 0.2) is 11.7 Å². The highest BCUT2D eigenvalue weighted by molar-refractivity contribution is 5.79. The highest BCUT2D eigenvalue weighted by Crippen LogP contribution is 2.05. The third-order valence-electron chi connectivity index (χ3n) is 3.70. The van der Waals surface area contributed by atoms with Crippen molar-refractivity contribution in [3.63, 3.8) is 0 Å². The average molecular weight is 323 g/mol. The Labute approximate surface area is 140 Å². The lowest BCUT2D eigenvalue weighted by Gasteiger charge is -2.30. The summed E-state index contributed by atoms with van der Waals surface area (Å²) < 4.78 is 5.27. The summed E-state index contributed by atoms with van der Waals surface area (Å²) in [6.45, 7) is 16.2. The van der Waals surface area contributed by atoms with Crippen LogP contribution in [-0.4, -0.2) is 47.7 Å². The van der Waals surface area contributed by atoms with E-state index in [1.54, 1.807) is 0 Å². The van der Waals surface area contributed by atoms with Crippen molar-refractivity contribution in [2.75, 3.05) is 19.6 Å². The van der Waals surface area contributed by atoms with Crippen LogP contribution in [0.4, 0.5) is 0 Å². The Kier molecular flexibility index (Phi) is 8.69. The van der Waals surface area contributed by atoms with Crippen LogP contribution in [0, 0.1) is 0 Å². The van der Waals surface area contributed by atoms with E-state index in [0.717, 1.165) is 43.5 Å². The van der Waals surface area contributed by atoms with Crippen molar-refractivity contribution in [2.24, 2.45) is 4.99 Å². The van der Waals surface area contributed by atoms with E-state index < -0.39 is 0 Å². The van der Waals surface area contributed by atoms with Crippen molar-refractivity contribution in [3.8, 4) is 0 Å². The molecule has 2 N–H and O–H groups in total. The van der Waals surface area contributed by atoms with Gasteiger partial charge in [0.1, 0.15) is 6.54 Å². The zero-order chi connectivity index (χ0) is 17.2. The normalized spacial score (nSPS) is 12.5. The lowest BCUT2D eigenvalue weighted by Crippen LogP contribution is -2.45. The topological polar surface area (TPSA) is 65.7 Å². The summed E-state index contributed by atoms with van der Waals surface area (Å²) >= 11 is 0. The summed E-state index contributed by atoms with van der Waals surface area (Å²) in [6, 6.07) is 3.04. The second-order valence-corrected chi connectivity index (χ2v) is 6.19. The first-order valence-corrected chi connectivity index (χ1v) is 8.70. The number of aryl methyl sites for hydroxylation is 1. The highest BCUT2D eigenvalue weighted by Gasteiger charge is 2.12. The third-order valence-corrected chi connectivity index (χ3v) is 3.70. The van der Waals surface area contributed by atoms with E-state index in [-0.39, 0.29) is 0 Å². The minimum absolute atomic E-state index is 0.500. The molecule has 6 heteroatoms. The van der Waals surface area contributed by atoms with Gasteiger partial charge in [-0.2, -0.15) is 0 Å². The molecule has 0 aliphatic carbocycles. The zero-order valence-corrected chi connectivity index (χ0v) is 15.5. The molecule has 0 fully saturated rings. The van der Waals surface area contributed by atoms with Gasteiger partial charge in [0.2, 0.25) is 0 Å². The number of hydrogen-bond acceptors (Lipinski definition) is 4.